The van der Waals surface area contributed by atoms with Crippen LogP contribution in [0.25, 0.3) is 17.0 Å². The molecule has 1 aliphatic heterocycles. The molecule has 0 atom stereocenters. The Morgan fingerprint density at radius 2 is 2.05 bits per heavy atom. The van der Waals surface area contributed by atoms with Crippen LogP contribution in [0, 0.1) is 0 Å². The van der Waals surface area contributed by atoms with E-state index in [0.717, 1.165) is 16.5 Å². The maximum absolute atomic E-state index is 11.7. The Kier molecular flexibility index (Phi) is 2.87. The van der Waals surface area contributed by atoms with E-state index in [4.69, 9.17) is 12.2 Å². The number of hydrogen-bond donors (Lipinski definition) is 2. The van der Waals surface area contributed by atoms with Crippen LogP contribution in [-0.4, -0.2) is 21.5 Å². The lowest BCUT2D eigenvalue weighted by Crippen LogP contribution is -2.21. The van der Waals surface area contributed by atoms with Crippen molar-refractivity contribution in [2.45, 2.75) is 6.92 Å². The van der Waals surface area contributed by atoms with Crippen LogP contribution >= 0.6 is 12.2 Å². The summed E-state index contributed by atoms with van der Waals surface area (Å²) in [5.74, 6) is -0.347. The van der Waals surface area contributed by atoms with Crippen molar-refractivity contribution in [3.8, 4) is 0 Å². The summed E-state index contributed by atoms with van der Waals surface area (Å²) in [6.45, 7) is 1.50. The van der Waals surface area contributed by atoms with Crippen molar-refractivity contribution in [2.75, 3.05) is 0 Å². The third kappa shape index (κ3) is 2.00. The van der Waals surface area contributed by atoms with E-state index < -0.39 is 0 Å². The Morgan fingerprint density at radius 3 is 2.70 bits per heavy atom. The molecular weight excluding hydrogens is 274 g/mol. The van der Waals surface area contributed by atoms with Crippen LogP contribution in [0.5, 0.6) is 0 Å². The molecule has 0 bridgehead atoms. The van der Waals surface area contributed by atoms with Crippen molar-refractivity contribution in [3.63, 3.8) is 0 Å². The number of nitrogens with zero attached hydrogens (tertiary/aromatic N) is 1. The maximum atomic E-state index is 11.7. The SMILES string of the molecule is CC(=O)n1cc(/C=C2/NC(=S)NC2=O)c2ccccc21. The average molecular weight is 285 g/mol. The van der Waals surface area contributed by atoms with Crippen molar-refractivity contribution in [1.82, 2.24) is 15.2 Å². The minimum Gasteiger partial charge on any atom is -0.328 e. The van der Waals surface area contributed by atoms with Gasteiger partial charge in [0.25, 0.3) is 5.91 Å². The molecule has 100 valence electrons. The first kappa shape index (κ1) is 12.6. The highest BCUT2D eigenvalue weighted by atomic mass is 32.1. The molecule has 5 nitrogen and oxygen atoms in total. The second-order valence-corrected chi connectivity index (χ2v) is 4.87. The van der Waals surface area contributed by atoms with Gasteiger partial charge in [-0.3, -0.25) is 19.5 Å². The number of para-hydroxylation sites is 1. The second kappa shape index (κ2) is 4.57. The van der Waals surface area contributed by atoms with Crippen molar-refractivity contribution in [3.05, 3.63) is 41.7 Å². The van der Waals surface area contributed by atoms with Crippen LogP contribution in [0.4, 0.5) is 0 Å². The van der Waals surface area contributed by atoms with Gasteiger partial charge in [0.05, 0.1) is 5.52 Å². The van der Waals surface area contributed by atoms with E-state index in [1.807, 2.05) is 24.3 Å². The van der Waals surface area contributed by atoms with E-state index >= 15 is 0 Å². The number of carbonyl (C=O) groups excluding carboxylic acids is 2. The minimum absolute atomic E-state index is 0.0785. The zero-order chi connectivity index (χ0) is 14.3. The lowest BCUT2D eigenvalue weighted by atomic mass is 10.1. The van der Waals surface area contributed by atoms with Gasteiger partial charge < -0.3 is 5.32 Å². The Morgan fingerprint density at radius 1 is 1.30 bits per heavy atom. The summed E-state index contributed by atoms with van der Waals surface area (Å²) in [6.07, 6.45) is 3.41. The van der Waals surface area contributed by atoms with Crippen molar-refractivity contribution in [1.29, 1.82) is 0 Å². The largest absolute Gasteiger partial charge is 0.328 e. The van der Waals surface area contributed by atoms with Crippen molar-refractivity contribution >= 4 is 46.1 Å². The molecule has 0 radical (unpaired) electrons. The van der Waals surface area contributed by atoms with Crippen LogP contribution in [-0.2, 0) is 4.79 Å². The summed E-state index contributed by atoms with van der Waals surface area (Å²) in [6, 6.07) is 7.54. The van der Waals surface area contributed by atoms with E-state index in [1.54, 1.807) is 16.8 Å². The van der Waals surface area contributed by atoms with E-state index in [0.29, 0.717) is 5.70 Å². The highest BCUT2D eigenvalue weighted by Gasteiger charge is 2.21. The monoisotopic (exact) mass is 285 g/mol. The number of nitrogens with one attached hydrogen (secondary N) is 2. The summed E-state index contributed by atoms with van der Waals surface area (Å²) in [5, 5.41) is 6.49. The topological polar surface area (TPSA) is 63.1 Å². The van der Waals surface area contributed by atoms with Gasteiger partial charge >= 0.3 is 0 Å². The van der Waals surface area contributed by atoms with Gasteiger partial charge in [0.15, 0.2) is 5.11 Å². The smallest absolute Gasteiger partial charge is 0.273 e. The number of amides is 1. The molecule has 1 aromatic carbocycles. The van der Waals surface area contributed by atoms with E-state index in [2.05, 4.69) is 10.6 Å². The van der Waals surface area contributed by atoms with Gasteiger partial charge in [0.2, 0.25) is 5.91 Å². The fraction of sp³-hybridized carbons (Fsp3) is 0.0714. The zero-order valence-corrected chi connectivity index (χ0v) is 11.5. The number of hydrogen-bond acceptors (Lipinski definition) is 3. The molecule has 1 fully saturated rings. The summed E-state index contributed by atoms with van der Waals surface area (Å²) in [4.78, 5) is 23.3. The Bertz CT molecular complexity index is 789. The standard InChI is InChI=1S/C14H11N3O2S/c1-8(18)17-7-9(10-4-2-3-5-12(10)17)6-11-13(19)16-14(20)15-11/h2-7H,1H3,(H2,15,16,19,20)/b11-6+. The third-order valence-electron chi connectivity index (χ3n) is 3.10. The highest BCUT2D eigenvalue weighted by Crippen LogP contribution is 2.23. The van der Waals surface area contributed by atoms with Crippen LogP contribution in [0.1, 0.15) is 17.3 Å². The maximum Gasteiger partial charge on any atom is 0.273 e. The van der Waals surface area contributed by atoms with Crippen LogP contribution in [0.15, 0.2) is 36.2 Å². The zero-order valence-electron chi connectivity index (χ0n) is 10.6. The molecule has 2 heterocycles. The molecule has 1 aliphatic rings. The first-order valence-electron chi connectivity index (χ1n) is 6.01. The average Bonchev–Trinajstić information content (AvgIpc) is 2.92. The van der Waals surface area contributed by atoms with Gasteiger partial charge in [-0.25, -0.2) is 0 Å². The predicted molar refractivity (Wildman–Crippen MR) is 80.1 cm³/mol. The molecule has 0 aliphatic carbocycles. The molecule has 0 spiro atoms. The molecule has 1 amide bonds. The first-order chi connectivity index (χ1) is 9.56. The lowest BCUT2D eigenvalue weighted by Gasteiger charge is -1.97. The van der Waals surface area contributed by atoms with Gasteiger partial charge in [0, 0.05) is 24.1 Å². The number of thiocarbonyl (C=S) groups is 1. The summed E-state index contributed by atoms with van der Waals surface area (Å²) in [7, 11) is 0. The minimum atomic E-state index is -0.269. The first-order valence-corrected chi connectivity index (χ1v) is 6.42. The molecule has 3 rings (SSSR count). The summed E-state index contributed by atoms with van der Waals surface area (Å²) in [5.41, 5.74) is 1.98. The number of fused-ring (bicyclic) bond motifs is 1. The molecule has 1 aromatic heterocycles. The molecule has 2 aromatic rings. The van der Waals surface area contributed by atoms with Gasteiger partial charge in [-0.2, -0.15) is 0 Å². The second-order valence-electron chi connectivity index (χ2n) is 4.46. The number of rotatable bonds is 1. The fourth-order valence-corrected chi connectivity index (χ4v) is 2.42. The van der Waals surface area contributed by atoms with Gasteiger partial charge in [0.1, 0.15) is 5.70 Å². The molecule has 0 unspecified atom stereocenters. The molecular formula is C14H11N3O2S. The molecule has 20 heavy (non-hydrogen) atoms. The predicted octanol–water partition coefficient (Wildman–Crippen LogP) is 1.65. The summed E-state index contributed by atoms with van der Waals surface area (Å²) >= 11 is 4.89. The Hall–Kier alpha value is -2.47. The van der Waals surface area contributed by atoms with Gasteiger partial charge in [-0.1, -0.05) is 18.2 Å². The molecule has 2 N–H and O–H groups in total. The molecule has 6 heteroatoms. The fourth-order valence-electron chi connectivity index (χ4n) is 2.22. The van der Waals surface area contributed by atoms with Crippen molar-refractivity contribution < 1.29 is 9.59 Å². The lowest BCUT2D eigenvalue weighted by molar-refractivity contribution is -0.115. The van der Waals surface area contributed by atoms with E-state index in [9.17, 15) is 9.59 Å². The van der Waals surface area contributed by atoms with Crippen LogP contribution < -0.4 is 10.6 Å². The number of carbonyl (C=O) groups is 2. The Labute approximate surface area is 120 Å². The van der Waals surface area contributed by atoms with Crippen LogP contribution in [0.2, 0.25) is 0 Å². The number of benzene rings is 1. The van der Waals surface area contributed by atoms with E-state index in [1.165, 1.54) is 6.92 Å². The van der Waals surface area contributed by atoms with Crippen LogP contribution in [0.3, 0.4) is 0 Å². The highest BCUT2D eigenvalue weighted by molar-refractivity contribution is 7.80. The molecule has 1 saturated heterocycles. The quantitative estimate of drug-likeness (QED) is 0.618. The normalized spacial score (nSPS) is 16.6. The number of aromatic nitrogens is 1. The summed E-state index contributed by atoms with van der Waals surface area (Å²) < 4.78 is 1.56. The third-order valence-corrected chi connectivity index (χ3v) is 3.31. The van der Waals surface area contributed by atoms with E-state index in [-0.39, 0.29) is 16.9 Å². The molecule has 0 saturated carbocycles. The van der Waals surface area contributed by atoms with Gasteiger partial charge in [-0.15, -0.1) is 0 Å². The van der Waals surface area contributed by atoms with Crippen molar-refractivity contribution in [2.24, 2.45) is 0 Å². The van der Waals surface area contributed by atoms with Gasteiger partial charge in [-0.05, 0) is 24.4 Å². The Balaban J connectivity index is 2.18.